The van der Waals surface area contributed by atoms with E-state index in [2.05, 4.69) is 4.98 Å². The summed E-state index contributed by atoms with van der Waals surface area (Å²) in [6.45, 7) is 7.44. The Morgan fingerprint density at radius 3 is 2.38 bits per heavy atom. The molecule has 0 amide bonds. The Morgan fingerprint density at radius 2 is 1.66 bits per heavy atom. The van der Waals surface area contributed by atoms with Gasteiger partial charge in [0.25, 0.3) is 0 Å². The van der Waals surface area contributed by atoms with E-state index in [1.165, 1.54) is 0 Å². The molecule has 0 radical (unpaired) electrons. The van der Waals surface area contributed by atoms with Crippen LogP contribution >= 0.6 is 0 Å². The summed E-state index contributed by atoms with van der Waals surface area (Å²) in [6, 6.07) is 19.2. The third kappa shape index (κ3) is 3.82. The first-order valence-corrected chi connectivity index (χ1v) is 10.7. The molecule has 5 nitrogen and oxygen atoms in total. The maximum absolute atomic E-state index is 13.1. The molecule has 0 saturated carbocycles. The van der Waals surface area contributed by atoms with Crippen LogP contribution < -0.4 is 0 Å². The van der Waals surface area contributed by atoms with Crippen LogP contribution in [0.1, 0.15) is 50.3 Å². The smallest absolute Gasteiger partial charge is 0.339 e. The van der Waals surface area contributed by atoms with E-state index in [1.807, 2.05) is 92.9 Å². The molecule has 0 aliphatic carbocycles. The van der Waals surface area contributed by atoms with Crippen molar-refractivity contribution in [1.29, 1.82) is 0 Å². The minimum atomic E-state index is -0.499. The molecule has 0 saturated heterocycles. The summed E-state index contributed by atoms with van der Waals surface area (Å²) in [6.07, 6.45) is 0.710. The van der Waals surface area contributed by atoms with Crippen LogP contribution in [0.5, 0.6) is 0 Å². The number of nitrogens with zero attached hydrogens (tertiary/aromatic N) is 2. The Morgan fingerprint density at radius 1 is 0.969 bits per heavy atom. The molecule has 162 valence electrons. The third-order valence-electron chi connectivity index (χ3n) is 5.86. The Balaban J connectivity index is 1.60. The highest BCUT2D eigenvalue weighted by atomic mass is 16.5. The second-order valence-corrected chi connectivity index (χ2v) is 7.88. The normalized spacial score (nSPS) is 11.0. The SMILES string of the molecule is CCc1nc2ccccc2c(C(=O)OCC(=O)c2cc(C)n(-c3ccccc3)c2C)c1C. The van der Waals surface area contributed by atoms with Crippen molar-refractivity contribution in [2.75, 3.05) is 6.61 Å². The van der Waals surface area contributed by atoms with Crippen molar-refractivity contribution < 1.29 is 14.3 Å². The van der Waals surface area contributed by atoms with Gasteiger partial charge >= 0.3 is 5.97 Å². The molecule has 4 aromatic rings. The number of aryl methyl sites for hydroxylation is 2. The lowest BCUT2D eigenvalue weighted by molar-refractivity contribution is 0.0475. The molecule has 5 heteroatoms. The van der Waals surface area contributed by atoms with Gasteiger partial charge in [-0.3, -0.25) is 9.78 Å². The third-order valence-corrected chi connectivity index (χ3v) is 5.86. The number of rotatable bonds is 6. The summed E-state index contributed by atoms with van der Waals surface area (Å²) in [5, 5.41) is 0.738. The Hall–Kier alpha value is -3.73. The van der Waals surface area contributed by atoms with Gasteiger partial charge in [-0.2, -0.15) is 0 Å². The summed E-state index contributed by atoms with van der Waals surface area (Å²) in [7, 11) is 0. The zero-order chi connectivity index (χ0) is 22.8. The van der Waals surface area contributed by atoms with E-state index < -0.39 is 5.97 Å². The number of hydrogen-bond acceptors (Lipinski definition) is 4. The van der Waals surface area contributed by atoms with E-state index >= 15 is 0 Å². The van der Waals surface area contributed by atoms with Crippen molar-refractivity contribution in [2.45, 2.75) is 34.1 Å². The lowest BCUT2D eigenvalue weighted by Crippen LogP contribution is -2.17. The highest BCUT2D eigenvalue weighted by molar-refractivity contribution is 6.06. The number of Topliss-reactive ketones (excluding diaryl/α,β-unsaturated/α-hetero) is 1. The first-order chi connectivity index (χ1) is 15.4. The first-order valence-electron chi connectivity index (χ1n) is 10.7. The average Bonchev–Trinajstić information content (AvgIpc) is 3.11. The van der Waals surface area contributed by atoms with Gasteiger partial charge in [0.15, 0.2) is 6.61 Å². The summed E-state index contributed by atoms with van der Waals surface area (Å²) in [5.74, 6) is -0.721. The van der Waals surface area contributed by atoms with Crippen LogP contribution in [0.2, 0.25) is 0 Å². The van der Waals surface area contributed by atoms with Gasteiger partial charge in [-0.05, 0) is 57.0 Å². The van der Waals surface area contributed by atoms with Crippen molar-refractivity contribution in [3.63, 3.8) is 0 Å². The van der Waals surface area contributed by atoms with Gasteiger partial charge in [-0.25, -0.2) is 4.79 Å². The van der Waals surface area contributed by atoms with E-state index in [-0.39, 0.29) is 12.4 Å². The number of hydrogen-bond donors (Lipinski definition) is 0. The van der Waals surface area contributed by atoms with Crippen LogP contribution in [-0.4, -0.2) is 27.9 Å². The average molecular weight is 427 g/mol. The molecule has 32 heavy (non-hydrogen) atoms. The number of pyridine rings is 1. The number of esters is 1. The molecule has 2 aromatic heterocycles. The highest BCUT2D eigenvalue weighted by Crippen LogP contribution is 2.25. The Labute approximate surface area is 187 Å². The van der Waals surface area contributed by atoms with Crippen molar-refractivity contribution in [3.8, 4) is 5.69 Å². The number of para-hydroxylation sites is 2. The molecule has 2 heterocycles. The van der Waals surface area contributed by atoms with Crippen LogP contribution in [0.3, 0.4) is 0 Å². The Kier molecular flexibility index (Phi) is 5.91. The second-order valence-electron chi connectivity index (χ2n) is 7.88. The molecule has 0 fully saturated rings. The van der Waals surface area contributed by atoms with E-state index in [1.54, 1.807) is 0 Å². The number of fused-ring (bicyclic) bond motifs is 1. The van der Waals surface area contributed by atoms with E-state index in [4.69, 9.17) is 4.74 Å². The van der Waals surface area contributed by atoms with Crippen molar-refractivity contribution >= 4 is 22.7 Å². The zero-order valence-corrected chi connectivity index (χ0v) is 18.8. The van der Waals surface area contributed by atoms with Gasteiger partial charge in [0, 0.05) is 33.7 Å². The molecular formula is C27H26N2O3. The zero-order valence-electron chi connectivity index (χ0n) is 18.8. The molecular weight excluding hydrogens is 400 g/mol. The van der Waals surface area contributed by atoms with E-state index in [0.29, 0.717) is 17.5 Å². The topological polar surface area (TPSA) is 61.2 Å². The summed E-state index contributed by atoms with van der Waals surface area (Å²) in [5.41, 5.74) is 6.21. The van der Waals surface area contributed by atoms with Crippen molar-refractivity contribution in [2.24, 2.45) is 0 Å². The molecule has 2 aromatic carbocycles. The molecule has 0 unspecified atom stereocenters. The molecule has 0 atom stereocenters. The van der Waals surface area contributed by atoms with Gasteiger partial charge in [0.2, 0.25) is 5.78 Å². The first kappa shape index (κ1) is 21.5. The molecule has 0 aliphatic heterocycles. The van der Waals surface area contributed by atoms with Gasteiger partial charge in [-0.15, -0.1) is 0 Å². The molecule has 0 spiro atoms. The minimum absolute atomic E-state index is 0.222. The minimum Gasteiger partial charge on any atom is -0.454 e. The number of aromatic nitrogens is 2. The van der Waals surface area contributed by atoms with Gasteiger partial charge in [-0.1, -0.05) is 43.3 Å². The van der Waals surface area contributed by atoms with Crippen LogP contribution in [-0.2, 0) is 11.2 Å². The fourth-order valence-corrected chi connectivity index (χ4v) is 4.27. The number of carbonyl (C=O) groups is 2. The van der Waals surface area contributed by atoms with Crippen LogP contribution in [0.25, 0.3) is 16.6 Å². The number of carbonyl (C=O) groups excluding carboxylic acids is 2. The number of ether oxygens (including phenoxy) is 1. The van der Waals surface area contributed by atoms with Crippen LogP contribution in [0, 0.1) is 20.8 Å². The number of benzene rings is 2. The van der Waals surface area contributed by atoms with Crippen molar-refractivity contribution in [3.05, 3.63) is 94.4 Å². The summed E-state index contributed by atoms with van der Waals surface area (Å²) in [4.78, 5) is 30.7. The lowest BCUT2D eigenvalue weighted by Gasteiger charge is -2.13. The molecule has 4 rings (SSSR count). The van der Waals surface area contributed by atoms with E-state index in [9.17, 15) is 9.59 Å². The molecule has 0 bridgehead atoms. The summed E-state index contributed by atoms with van der Waals surface area (Å²) < 4.78 is 7.55. The maximum atomic E-state index is 13.1. The van der Waals surface area contributed by atoms with Gasteiger partial charge in [0.1, 0.15) is 0 Å². The van der Waals surface area contributed by atoms with Crippen LogP contribution in [0.15, 0.2) is 60.7 Å². The maximum Gasteiger partial charge on any atom is 0.339 e. The highest BCUT2D eigenvalue weighted by Gasteiger charge is 2.22. The fraction of sp³-hybridized carbons (Fsp3) is 0.222. The van der Waals surface area contributed by atoms with Crippen LogP contribution in [0.4, 0.5) is 0 Å². The predicted octanol–water partition coefficient (Wildman–Crippen LogP) is 5.55. The largest absolute Gasteiger partial charge is 0.454 e. The second kappa shape index (κ2) is 8.79. The van der Waals surface area contributed by atoms with E-state index in [0.717, 1.165) is 39.2 Å². The summed E-state index contributed by atoms with van der Waals surface area (Å²) >= 11 is 0. The monoisotopic (exact) mass is 426 g/mol. The Bertz CT molecular complexity index is 1320. The van der Waals surface area contributed by atoms with Gasteiger partial charge < -0.3 is 9.30 Å². The number of ketones is 1. The lowest BCUT2D eigenvalue weighted by atomic mass is 10.0. The standard InChI is InChI=1S/C27H26N2O3/c1-5-23-18(3)26(21-13-9-10-14-24(21)28-23)27(31)32-16-25(30)22-15-17(2)29(19(22)4)20-11-7-6-8-12-20/h6-15H,5,16H2,1-4H3. The molecule has 0 aliphatic rings. The fourth-order valence-electron chi connectivity index (χ4n) is 4.27. The van der Waals surface area contributed by atoms with Gasteiger partial charge in [0.05, 0.1) is 11.1 Å². The predicted molar refractivity (Wildman–Crippen MR) is 126 cm³/mol. The molecule has 0 N–H and O–H groups in total. The van der Waals surface area contributed by atoms with Crippen molar-refractivity contribution in [1.82, 2.24) is 9.55 Å². The quantitative estimate of drug-likeness (QED) is 0.299.